The molecule has 1 heterocycles. The molecule has 1 fully saturated rings. The third-order valence-corrected chi connectivity index (χ3v) is 4.00. The molecule has 0 aromatic heterocycles. The highest BCUT2D eigenvalue weighted by atomic mass is 19.1. The third-order valence-electron chi connectivity index (χ3n) is 4.00. The molecule has 1 aromatic carbocycles. The minimum absolute atomic E-state index is 0.135. The van der Waals surface area contributed by atoms with Crippen LogP contribution in [0, 0.1) is 11.7 Å². The first kappa shape index (κ1) is 13.5. The van der Waals surface area contributed by atoms with Gasteiger partial charge in [0.2, 0.25) is 0 Å². The summed E-state index contributed by atoms with van der Waals surface area (Å²) in [6.07, 6.45) is 2.54. The van der Waals surface area contributed by atoms with Crippen molar-refractivity contribution in [3.8, 4) is 0 Å². The van der Waals surface area contributed by atoms with E-state index in [-0.39, 0.29) is 5.82 Å². The Bertz CT molecular complexity index is 381. The van der Waals surface area contributed by atoms with Gasteiger partial charge in [0.25, 0.3) is 0 Å². The Hall–Kier alpha value is -0.930. The summed E-state index contributed by atoms with van der Waals surface area (Å²) in [7, 11) is 2.02. The first-order chi connectivity index (χ1) is 8.69. The molecular formula is C15H23FN2. The molecule has 0 saturated carbocycles. The van der Waals surface area contributed by atoms with E-state index in [0.717, 1.165) is 25.2 Å². The Labute approximate surface area is 109 Å². The Kier molecular flexibility index (Phi) is 4.72. The Morgan fingerprint density at radius 1 is 1.50 bits per heavy atom. The standard InChI is InChI=1S/C15H23FN2/c1-12(17-2)14-6-4-8-18(11-14)10-13-5-3-7-15(16)9-13/h3,5,7,9,12,14,17H,4,6,8,10-11H2,1-2H3. The number of nitrogens with one attached hydrogen (secondary N) is 1. The fourth-order valence-corrected chi connectivity index (χ4v) is 2.77. The summed E-state index contributed by atoms with van der Waals surface area (Å²) in [6.45, 7) is 5.35. The van der Waals surface area contributed by atoms with Crippen molar-refractivity contribution >= 4 is 0 Å². The lowest BCUT2D eigenvalue weighted by molar-refractivity contribution is 0.147. The second-order valence-electron chi connectivity index (χ2n) is 5.34. The van der Waals surface area contributed by atoms with Gasteiger partial charge in [-0.3, -0.25) is 4.90 Å². The van der Waals surface area contributed by atoms with Crippen LogP contribution in [-0.2, 0) is 6.54 Å². The van der Waals surface area contributed by atoms with Gasteiger partial charge in [0.15, 0.2) is 0 Å². The molecule has 1 aliphatic rings. The molecule has 18 heavy (non-hydrogen) atoms. The minimum Gasteiger partial charge on any atom is -0.317 e. The van der Waals surface area contributed by atoms with E-state index in [1.165, 1.54) is 18.9 Å². The molecule has 2 unspecified atom stereocenters. The number of piperidine rings is 1. The Morgan fingerprint density at radius 2 is 2.33 bits per heavy atom. The van der Waals surface area contributed by atoms with E-state index >= 15 is 0 Å². The number of rotatable bonds is 4. The van der Waals surface area contributed by atoms with Gasteiger partial charge in [-0.1, -0.05) is 12.1 Å². The summed E-state index contributed by atoms with van der Waals surface area (Å²) in [6, 6.07) is 7.51. The zero-order valence-corrected chi connectivity index (χ0v) is 11.3. The van der Waals surface area contributed by atoms with Crippen LogP contribution in [0.1, 0.15) is 25.3 Å². The van der Waals surface area contributed by atoms with Crippen molar-refractivity contribution in [3.63, 3.8) is 0 Å². The maximum atomic E-state index is 13.2. The SMILES string of the molecule is CNC(C)C1CCCN(Cc2cccc(F)c2)C1. The fraction of sp³-hybridized carbons (Fsp3) is 0.600. The van der Waals surface area contributed by atoms with Gasteiger partial charge in [0, 0.05) is 19.1 Å². The van der Waals surface area contributed by atoms with Crippen LogP contribution < -0.4 is 5.32 Å². The molecule has 2 rings (SSSR count). The number of hydrogen-bond acceptors (Lipinski definition) is 2. The van der Waals surface area contributed by atoms with Crippen molar-refractivity contribution < 1.29 is 4.39 Å². The Morgan fingerprint density at radius 3 is 3.06 bits per heavy atom. The van der Waals surface area contributed by atoms with E-state index in [0.29, 0.717) is 12.0 Å². The number of likely N-dealkylation sites (tertiary alicyclic amines) is 1. The molecule has 0 radical (unpaired) electrons. The molecule has 100 valence electrons. The number of hydrogen-bond donors (Lipinski definition) is 1. The van der Waals surface area contributed by atoms with E-state index in [1.54, 1.807) is 12.1 Å². The highest BCUT2D eigenvalue weighted by Gasteiger charge is 2.23. The lowest BCUT2D eigenvalue weighted by atomic mass is 9.91. The Balaban J connectivity index is 1.93. The van der Waals surface area contributed by atoms with Gasteiger partial charge >= 0.3 is 0 Å². The van der Waals surface area contributed by atoms with Gasteiger partial charge in [0.1, 0.15) is 5.82 Å². The van der Waals surface area contributed by atoms with Crippen molar-refractivity contribution in [2.75, 3.05) is 20.1 Å². The lowest BCUT2D eigenvalue weighted by Crippen LogP contribution is -2.43. The van der Waals surface area contributed by atoms with Crippen LogP contribution in [0.4, 0.5) is 4.39 Å². The molecule has 0 bridgehead atoms. The van der Waals surface area contributed by atoms with Crippen LogP contribution in [-0.4, -0.2) is 31.1 Å². The molecule has 3 heteroatoms. The van der Waals surface area contributed by atoms with Gasteiger partial charge < -0.3 is 5.32 Å². The summed E-state index contributed by atoms with van der Waals surface area (Å²) in [5, 5.41) is 3.34. The van der Waals surface area contributed by atoms with Crippen LogP contribution in [0.5, 0.6) is 0 Å². The largest absolute Gasteiger partial charge is 0.317 e. The normalized spacial score (nSPS) is 22.9. The maximum Gasteiger partial charge on any atom is 0.123 e. The average Bonchev–Trinajstić information content (AvgIpc) is 2.38. The summed E-state index contributed by atoms with van der Waals surface area (Å²) in [5.41, 5.74) is 1.08. The predicted octanol–water partition coefficient (Wildman–Crippen LogP) is 2.65. The molecule has 0 amide bonds. The average molecular weight is 250 g/mol. The summed E-state index contributed by atoms with van der Waals surface area (Å²) in [4.78, 5) is 2.44. The summed E-state index contributed by atoms with van der Waals surface area (Å²) >= 11 is 0. The van der Waals surface area contributed by atoms with Crippen molar-refractivity contribution in [2.45, 2.75) is 32.4 Å². The molecular weight excluding hydrogens is 227 g/mol. The van der Waals surface area contributed by atoms with Gasteiger partial charge in [-0.15, -0.1) is 0 Å². The van der Waals surface area contributed by atoms with Gasteiger partial charge in [-0.2, -0.15) is 0 Å². The van der Waals surface area contributed by atoms with E-state index in [9.17, 15) is 4.39 Å². The number of halogens is 1. The van der Waals surface area contributed by atoms with E-state index in [4.69, 9.17) is 0 Å². The van der Waals surface area contributed by atoms with Crippen molar-refractivity contribution in [2.24, 2.45) is 5.92 Å². The van der Waals surface area contributed by atoms with Crippen LogP contribution in [0.2, 0.25) is 0 Å². The maximum absolute atomic E-state index is 13.2. The third kappa shape index (κ3) is 3.53. The first-order valence-corrected chi connectivity index (χ1v) is 6.83. The molecule has 1 N–H and O–H groups in total. The monoisotopic (exact) mass is 250 g/mol. The number of nitrogens with zero attached hydrogens (tertiary/aromatic N) is 1. The van der Waals surface area contributed by atoms with Gasteiger partial charge in [-0.05, 0) is 57.0 Å². The highest BCUT2D eigenvalue weighted by Crippen LogP contribution is 2.21. The first-order valence-electron chi connectivity index (χ1n) is 6.83. The van der Waals surface area contributed by atoms with Gasteiger partial charge in [-0.25, -0.2) is 4.39 Å². The molecule has 0 aliphatic carbocycles. The van der Waals surface area contributed by atoms with Gasteiger partial charge in [0.05, 0.1) is 0 Å². The summed E-state index contributed by atoms with van der Waals surface area (Å²) in [5.74, 6) is 0.571. The van der Waals surface area contributed by atoms with Crippen LogP contribution in [0.3, 0.4) is 0 Å². The van der Waals surface area contributed by atoms with Crippen LogP contribution in [0.25, 0.3) is 0 Å². The lowest BCUT2D eigenvalue weighted by Gasteiger charge is -2.35. The molecule has 2 atom stereocenters. The molecule has 1 aromatic rings. The second-order valence-corrected chi connectivity index (χ2v) is 5.34. The number of benzene rings is 1. The quantitative estimate of drug-likeness (QED) is 0.883. The zero-order chi connectivity index (χ0) is 13.0. The topological polar surface area (TPSA) is 15.3 Å². The molecule has 1 saturated heterocycles. The molecule has 1 aliphatic heterocycles. The van der Waals surface area contributed by atoms with E-state index < -0.39 is 0 Å². The smallest absolute Gasteiger partial charge is 0.123 e. The minimum atomic E-state index is -0.135. The van der Waals surface area contributed by atoms with Crippen molar-refractivity contribution in [1.82, 2.24) is 10.2 Å². The molecule has 0 spiro atoms. The fourth-order valence-electron chi connectivity index (χ4n) is 2.77. The zero-order valence-electron chi connectivity index (χ0n) is 11.3. The van der Waals surface area contributed by atoms with E-state index in [2.05, 4.69) is 17.1 Å². The van der Waals surface area contributed by atoms with Crippen LogP contribution >= 0.6 is 0 Å². The second kappa shape index (κ2) is 6.30. The van der Waals surface area contributed by atoms with Crippen molar-refractivity contribution in [3.05, 3.63) is 35.6 Å². The van der Waals surface area contributed by atoms with Crippen LogP contribution in [0.15, 0.2) is 24.3 Å². The highest BCUT2D eigenvalue weighted by molar-refractivity contribution is 5.16. The summed E-state index contributed by atoms with van der Waals surface area (Å²) < 4.78 is 13.2. The molecule has 2 nitrogen and oxygen atoms in total. The van der Waals surface area contributed by atoms with Crippen molar-refractivity contribution in [1.29, 1.82) is 0 Å². The predicted molar refractivity (Wildman–Crippen MR) is 72.9 cm³/mol. The van der Waals surface area contributed by atoms with E-state index in [1.807, 2.05) is 13.1 Å².